The van der Waals surface area contributed by atoms with Crippen molar-refractivity contribution in [1.29, 1.82) is 0 Å². The second-order valence-corrected chi connectivity index (χ2v) is 7.70. The molecule has 1 saturated heterocycles. The molecule has 1 unspecified atom stereocenters. The molecule has 0 aliphatic carbocycles. The van der Waals surface area contributed by atoms with Crippen LogP contribution in [0.4, 0.5) is 15.9 Å². The van der Waals surface area contributed by atoms with E-state index in [9.17, 15) is 9.18 Å². The summed E-state index contributed by atoms with van der Waals surface area (Å²) in [7, 11) is 0. The second-order valence-electron chi connectivity index (χ2n) is 6.91. The van der Waals surface area contributed by atoms with E-state index in [-0.39, 0.29) is 5.82 Å². The van der Waals surface area contributed by atoms with Crippen molar-refractivity contribution in [2.24, 2.45) is 0 Å². The Kier molecular flexibility index (Phi) is 5.64. The van der Waals surface area contributed by atoms with Crippen molar-refractivity contribution in [2.45, 2.75) is 6.17 Å². The Labute approximate surface area is 176 Å². The van der Waals surface area contributed by atoms with Gasteiger partial charge in [0.15, 0.2) is 18.3 Å². The molecule has 0 saturated carbocycles. The maximum absolute atomic E-state index is 13.2. The van der Waals surface area contributed by atoms with Crippen molar-refractivity contribution in [3.05, 3.63) is 64.9 Å². The topological polar surface area (TPSA) is 67.4 Å². The maximum atomic E-state index is 13.2. The van der Waals surface area contributed by atoms with Gasteiger partial charge in [-0.05, 0) is 40.2 Å². The molecule has 2 aromatic carbocycles. The number of piperazine rings is 1. The lowest BCUT2D eigenvalue weighted by molar-refractivity contribution is -0.115. The van der Waals surface area contributed by atoms with Crippen LogP contribution in [-0.4, -0.2) is 47.1 Å². The van der Waals surface area contributed by atoms with Crippen LogP contribution in [-0.2, 0) is 4.79 Å². The first-order valence-electron chi connectivity index (χ1n) is 9.37. The third-order valence-corrected chi connectivity index (χ3v) is 5.96. The number of halogens is 2. The molecular formula is C21H21BrFN5O. The van der Waals surface area contributed by atoms with Gasteiger partial charge in [-0.15, -0.1) is 0 Å². The average Bonchev–Trinajstić information content (AvgIpc) is 3.04. The minimum absolute atomic E-state index is 0.247. The molecule has 4 rings (SSSR count). The van der Waals surface area contributed by atoms with Crippen LogP contribution in [0.3, 0.4) is 0 Å². The first kappa shape index (κ1) is 19.6. The summed E-state index contributed by atoms with van der Waals surface area (Å²) in [6.07, 6.45) is 0.341. The minimum Gasteiger partial charge on any atom is -0.381 e. The molecule has 0 spiro atoms. The predicted molar refractivity (Wildman–Crippen MR) is 115 cm³/mol. The van der Waals surface area contributed by atoms with Gasteiger partial charge in [-0.3, -0.25) is 9.69 Å². The van der Waals surface area contributed by atoms with Gasteiger partial charge in [-0.2, -0.15) is 5.10 Å². The van der Waals surface area contributed by atoms with E-state index >= 15 is 0 Å². The van der Waals surface area contributed by atoms with Crippen LogP contribution in [0.15, 0.2) is 59.1 Å². The van der Waals surface area contributed by atoms with Crippen LogP contribution in [0.5, 0.6) is 0 Å². The average molecular weight is 458 g/mol. The number of nitrogen functional groups attached to an aromatic ring is 1. The number of anilines is 2. The molecule has 0 amide bonds. The predicted octanol–water partition coefficient (Wildman–Crippen LogP) is 3.55. The summed E-state index contributed by atoms with van der Waals surface area (Å²) in [6, 6.07) is 16.2. The van der Waals surface area contributed by atoms with Gasteiger partial charge in [-0.25, -0.2) is 9.07 Å². The van der Waals surface area contributed by atoms with Gasteiger partial charge in [0.2, 0.25) is 0 Å². The molecule has 1 aliphatic heterocycles. The molecular weight excluding hydrogens is 437 g/mol. The minimum atomic E-state index is -0.561. The molecule has 1 atom stereocenters. The standard InChI is InChI=1S/C21H21BrFN5O/c22-19-20(15-4-2-1-3-5-15)28(25-21(19)24)18(14-29)27-12-10-26(11-13-27)17-8-6-16(23)7-9-17/h1-9,14,18H,10-13H2,(H2,24,25). The quantitative estimate of drug-likeness (QED) is 0.593. The highest BCUT2D eigenvalue weighted by atomic mass is 79.9. The van der Waals surface area contributed by atoms with Crippen molar-refractivity contribution in [2.75, 3.05) is 36.8 Å². The van der Waals surface area contributed by atoms with E-state index in [1.807, 2.05) is 30.3 Å². The number of benzene rings is 2. The van der Waals surface area contributed by atoms with Crippen LogP contribution in [0.2, 0.25) is 0 Å². The molecule has 1 aliphatic rings. The van der Waals surface area contributed by atoms with E-state index in [1.54, 1.807) is 16.8 Å². The Bertz CT molecular complexity index is 984. The van der Waals surface area contributed by atoms with Gasteiger partial charge in [0.25, 0.3) is 0 Å². The third kappa shape index (κ3) is 3.90. The van der Waals surface area contributed by atoms with Crippen LogP contribution < -0.4 is 10.6 Å². The highest BCUT2D eigenvalue weighted by Gasteiger charge is 2.29. The molecule has 2 N–H and O–H groups in total. The Morgan fingerprint density at radius 1 is 1.03 bits per heavy atom. The van der Waals surface area contributed by atoms with Crippen molar-refractivity contribution in [1.82, 2.24) is 14.7 Å². The summed E-state index contributed by atoms with van der Waals surface area (Å²) >= 11 is 3.52. The van der Waals surface area contributed by atoms with Gasteiger partial charge < -0.3 is 10.6 Å². The second kappa shape index (κ2) is 8.34. The van der Waals surface area contributed by atoms with Crippen molar-refractivity contribution in [3.63, 3.8) is 0 Å². The number of hydrogen-bond donors (Lipinski definition) is 1. The van der Waals surface area contributed by atoms with Crippen molar-refractivity contribution >= 4 is 33.7 Å². The monoisotopic (exact) mass is 457 g/mol. The highest BCUT2D eigenvalue weighted by molar-refractivity contribution is 9.10. The fourth-order valence-corrected chi connectivity index (χ4v) is 4.16. The molecule has 3 aromatic rings. The van der Waals surface area contributed by atoms with Gasteiger partial charge in [0, 0.05) is 37.4 Å². The van der Waals surface area contributed by atoms with E-state index in [0.717, 1.165) is 36.3 Å². The molecule has 150 valence electrons. The van der Waals surface area contributed by atoms with Gasteiger partial charge >= 0.3 is 0 Å². The molecule has 1 fully saturated rings. The molecule has 8 heteroatoms. The number of rotatable bonds is 5. The van der Waals surface area contributed by atoms with Crippen LogP contribution in [0.1, 0.15) is 6.17 Å². The van der Waals surface area contributed by atoms with Gasteiger partial charge in [-0.1, -0.05) is 30.3 Å². The summed E-state index contributed by atoms with van der Waals surface area (Å²) in [5.41, 5.74) is 8.75. The summed E-state index contributed by atoms with van der Waals surface area (Å²) in [4.78, 5) is 16.3. The van der Waals surface area contributed by atoms with Crippen LogP contribution in [0.25, 0.3) is 11.3 Å². The lowest BCUT2D eigenvalue weighted by Gasteiger charge is -2.38. The smallest absolute Gasteiger partial charge is 0.161 e. The zero-order chi connectivity index (χ0) is 20.4. The lowest BCUT2D eigenvalue weighted by atomic mass is 10.1. The van der Waals surface area contributed by atoms with Gasteiger partial charge in [0.1, 0.15) is 5.82 Å². The fourth-order valence-electron chi connectivity index (χ4n) is 3.67. The normalized spacial score (nSPS) is 16.0. The Morgan fingerprint density at radius 2 is 1.69 bits per heavy atom. The summed E-state index contributed by atoms with van der Waals surface area (Å²) in [5.74, 6) is 0.101. The van der Waals surface area contributed by atoms with Gasteiger partial charge in [0.05, 0.1) is 10.2 Å². The van der Waals surface area contributed by atoms with Crippen LogP contribution >= 0.6 is 15.9 Å². The summed E-state index contributed by atoms with van der Waals surface area (Å²) in [6.45, 7) is 2.81. The van der Waals surface area contributed by atoms with Crippen molar-refractivity contribution < 1.29 is 9.18 Å². The molecule has 6 nitrogen and oxygen atoms in total. The molecule has 29 heavy (non-hydrogen) atoms. The Morgan fingerprint density at radius 3 is 2.31 bits per heavy atom. The maximum Gasteiger partial charge on any atom is 0.161 e. The third-order valence-electron chi connectivity index (χ3n) is 5.18. The number of aromatic nitrogens is 2. The fraction of sp³-hybridized carbons (Fsp3) is 0.238. The van der Waals surface area contributed by atoms with E-state index in [4.69, 9.17) is 5.73 Å². The largest absolute Gasteiger partial charge is 0.381 e. The Hall–Kier alpha value is -2.71. The zero-order valence-electron chi connectivity index (χ0n) is 15.7. The van der Waals surface area contributed by atoms with Crippen molar-refractivity contribution in [3.8, 4) is 11.3 Å². The highest BCUT2D eigenvalue weighted by Crippen LogP contribution is 2.35. The first-order chi connectivity index (χ1) is 14.1. The molecule has 0 bridgehead atoms. The first-order valence-corrected chi connectivity index (χ1v) is 10.2. The van der Waals surface area contributed by atoms with Crippen LogP contribution in [0, 0.1) is 5.82 Å². The SMILES string of the molecule is Nc1nn(C(C=O)N2CCN(c3ccc(F)cc3)CC2)c(-c2ccccc2)c1Br. The summed E-state index contributed by atoms with van der Waals surface area (Å²) in [5, 5.41) is 4.44. The van der Waals surface area contributed by atoms with E-state index in [2.05, 4.69) is 30.8 Å². The Balaban J connectivity index is 1.57. The van der Waals surface area contributed by atoms with E-state index in [1.165, 1.54) is 12.1 Å². The lowest BCUT2D eigenvalue weighted by Crippen LogP contribution is -2.49. The van der Waals surface area contributed by atoms with E-state index < -0.39 is 6.17 Å². The number of nitrogens with zero attached hydrogens (tertiary/aromatic N) is 4. The molecule has 0 radical (unpaired) electrons. The molecule has 2 heterocycles. The molecule has 1 aromatic heterocycles. The number of nitrogens with two attached hydrogens (primary N) is 1. The number of aldehydes is 1. The number of carbonyl (C=O) groups excluding carboxylic acids is 1. The number of carbonyl (C=O) groups is 1. The number of hydrogen-bond acceptors (Lipinski definition) is 5. The summed E-state index contributed by atoms with van der Waals surface area (Å²) < 4.78 is 15.5. The zero-order valence-corrected chi connectivity index (χ0v) is 17.3. The van der Waals surface area contributed by atoms with E-state index in [0.29, 0.717) is 23.4 Å².